The van der Waals surface area contributed by atoms with Crippen molar-refractivity contribution in [2.24, 2.45) is 5.92 Å². The third-order valence-electron chi connectivity index (χ3n) is 3.86. The Hall–Kier alpha value is -0.720. The zero-order valence-corrected chi connectivity index (χ0v) is 17.1. The highest BCUT2D eigenvalue weighted by atomic mass is 32.2. The maximum Gasteiger partial charge on any atom is 0.475 e. The van der Waals surface area contributed by atoms with Gasteiger partial charge in [-0.3, -0.25) is 13.6 Å². The number of phosphoric acid groups is 1. The minimum absolute atomic E-state index is 0.0180. The van der Waals surface area contributed by atoms with Gasteiger partial charge >= 0.3 is 7.82 Å². The molecule has 6 nitrogen and oxygen atoms in total. The largest absolute Gasteiger partial charge is 0.475 e. The predicted octanol–water partition coefficient (Wildman–Crippen LogP) is 4.59. The topological polar surface area (TPSA) is 78.9 Å². The summed E-state index contributed by atoms with van der Waals surface area (Å²) in [6.07, 6.45) is 1.68. The molecule has 144 valence electrons. The van der Waals surface area contributed by atoms with E-state index in [4.69, 9.17) is 13.6 Å². The number of phosphoric ester groups is 1. The van der Waals surface area contributed by atoms with E-state index < -0.39 is 17.7 Å². The van der Waals surface area contributed by atoms with E-state index >= 15 is 0 Å². The molecule has 0 aliphatic rings. The zero-order valence-electron chi connectivity index (χ0n) is 15.4. The van der Waals surface area contributed by atoms with E-state index in [1.807, 2.05) is 13.8 Å². The fraction of sp³-hybridized carbons (Fsp3) is 0.647. The molecule has 0 radical (unpaired) electrons. The molecular weight excluding hydrogens is 363 g/mol. The maximum atomic E-state index is 12.4. The molecule has 1 rings (SSSR count). The van der Waals surface area contributed by atoms with Gasteiger partial charge in [0.15, 0.2) is 9.84 Å². The molecule has 0 aromatic heterocycles. The zero-order chi connectivity index (χ0) is 18.9. The molecule has 8 heteroatoms. The molecule has 0 bridgehead atoms. The fourth-order valence-corrected chi connectivity index (χ4v) is 5.30. The molecule has 0 N–H and O–H groups in total. The molecule has 0 atom stereocenters. The molecule has 25 heavy (non-hydrogen) atoms. The minimum Gasteiger partial charge on any atom is -0.287 e. The van der Waals surface area contributed by atoms with E-state index in [2.05, 4.69) is 0 Å². The normalized spacial score (nSPS) is 12.7. The van der Waals surface area contributed by atoms with Crippen molar-refractivity contribution in [3.05, 3.63) is 29.8 Å². The van der Waals surface area contributed by atoms with Gasteiger partial charge in [-0.1, -0.05) is 38.8 Å². The van der Waals surface area contributed by atoms with Crippen molar-refractivity contribution in [2.75, 3.05) is 19.0 Å². The summed E-state index contributed by atoms with van der Waals surface area (Å²) in [6.45, 7) is 7.85. The van der Waals surface area contributed by atoms with Gasteiger partial charge in [-0.2, -0.15) is 0 Å². The Morgan fingerprint density at radius 3 is 1.88 bits per heavy atom. The van der Waals surface area contributed by atoms with E-state index in [1.54, 1.807) is 38.1 Å². The van der Waals surface area contributed by atoms with Gasteiger partial charge in [0.25, 0.3) is 0 Å². The fourth-order valence-electron chi connectivity index (χ4n) is 2.31. The van der Waals surface area contributed by atoms with Crippen LogP contribution in [0.1, 0.15) is 46.1 Å². The van der Waals surface area contributed by atoms with Crippen molar-refractivity contribution in [1.82, 2.24) is 0 Å². The Bertz CT molecular complexity index is 642. The van der Waals surface area contributed by atoms with Gasteiger partial charge in [0, 0.05) is 0 Å². The lowest BCUT2D eigenvalue weighted by Gasteiger charge is -2.16. The lowest BCUT2D eigenvalue weighted by atomic mass is 10.1. The molecule has 0 heterocycles. The van der Waals surface area contributed by atoms with Crippen LogP contribution in [0.25, 0.3) is 0 Å². The summed E-state index contributed by atoms with van der Waals surface area (Å²) in [5, 5.41) is 0. The van der Waals surface area contributed by atoms with Crippen LogP contribution in [0.5, 0.6) is 0 Å². The summed E-state index contributed by atoms with van der Waals surface area (Å²) < 4.78 is 52.5. The predicted molar refractivity (Wildman–Crippen MR) is 98.2 cm³/mol. The molecule has 0 saturated carbocycles. The van der Waals surface area contributed by atoms with E-state index in [0.29, 0.717) is 10.5 Å². The molecule has 0 fully saturated rings. The Balaban J connectivity index is 2.77. The standard InChI is InChI=1S/C17H29O6PS/c1-5-15(6-2)14-25(19,20)17-11-9-16(10-12-17)13-23-24(18,21-7-3)22-8-4/h9-12,15H,5-8,13-14H2,1-4H3. The van der Waals surface area contributed by atoms with Crippen molar-refractivity contribution < 1.29 is 26.6 Å². The first-order chi connectivity index (χ1) is 11.8. The van der Waals surface area contributed by atoms with Gasteiger partial charge < -0.3 is 0 Å². The van der Waals surface area contributed by atoms with Crippen molar-refractivity contribution in [1.29, 1.82) is 0 Å². The Kier molecular flexibility index (Phi) is 9.32. The minimum atomic E-state index is -3.57. The SMILES string of the molecule is CCOP(=O)(OCC)OCc1ccc(S(=O)(=O)CC(CC)CC)cc1. The first-order valence-corrected chi connectivity index (χ1v) is 11.8. The summed E-state index contributed by atoms with van der Waals surface area (Å²) in [7, 11) is -6.88. The van der Waals surface area contributed by atoms with Gasteiger partial charge in [0.2, 0.25) is 0 Å². The molecule has 0 unspecified atom stereocenters. The smallest absolute Gasteiger partial charge is 0.287 e. The molecular formula is C17H29O6PS. The second-order valence-electron chi connectivity index (χ2n) is 5.66. The molecule has 0 spiro atoms. The van der Waals surface area contributed by atoms with E-state index in [1.165, 1.54) is 0 Å². The average Bonchev–Trinajstić information content (AvgIpc) is 2.59. The van der Waals surface area contributed by atoms with Crippen molar-refractivity contribution in [3.63, 3.8) is 0 Å². The van der Waals surface area contributed by atoms with Crippen LogP contribution in [-0.2, 0) is 34.6 Å². The lowest BCUT2D eigenvalue weighted by Crippen LogP contribution is -2.15. The summed E-state index contributed by atoms with van der Waals surface area (Å²) >= 11 is 0. The Morgan fingerprint density at radius 1 is 0.920 bits per heavy atom. The van der Waals surface area contributed by atoms with Gasteiger partial charge in [-0.15, -0.1) is 0 Å². The highest BCUT2D eigenvalue weighted by molar-refractivity contribution is 7.91. The molecule has 0 aliphatic carbocycles. The quantitative estimate of drug-likeness (QED) is 0.484. The number of hydrogen-bond donors (Lipinski definition) is 0. The monoisotopic (exact) mass is 392 g/mol. The second-order valence-corrected chi connectivity index (χ2v) is 9.37. The second kappa shape index (κ2) is 10.4. The van der Waals surface area contributed by atoms with E-state index in [0.717, 1.165) is 12.8 Å². The van der Waals surface area contributed by atoms with E-state index in [-0.39, 0.29) is 31.5 Å². The first kappa shape index (κ1) is 22.3. The van der Waals surface area contributed by atoms with Crippen molar-refractivity contribution in [2.45, 2.75) is 52.0 Å². The molecule has 1 aromatic carbocycles. The van der Waals surface area contributed by atoms with Gasteiger partial charge in [-0.05, 0) is 37.5 Å². The number of benzene rings is 1. The van der Waals surface area contributed by atoms with E-state index in [9.17, 15) is 13.0 Å². The summed E-state index contributed by atoms with van der Waals surface area (Å²) in [5.41, 5.74) is 0.695. The number of rotatable bonds is 12. The van der Waals surface area contributed by atoms with Gasteiger partial charge in [0.05, 0.1) is 30.5 Å². The van der Waals surface area contributed by atoms with Crippen LogP contribution < -0.4 is 0 Å². The summed E-state index contributed by atoms with van der Waals surface area (Å²) in [6, 6.07) is 6.43. The Morgan fingerprint density at radius 2 is 1.44 bits per heavy atom. The number of hydrogen-bond acceptors (Lipinski definition) is 6. The maximum absolute atomic E-state index is 12.4. The molecule has 0 amide bonds. The van der Waals surface area contributed by atoms with Crippen LogP contribution in [0.15, 0.2) is 29.2 Å². The molecule has 0 saturated heterocycles. The summed E-state index contributed by atoms with van der Waals surface area (Å²) in [4.78, 5) is 0.293. The van der Waals surface area contributed by atoms with Crippen molar-refractivity contribution >= 4 is 17.7 Å². The van der Waals surface area contributed by atoms with Crippen LogP contribution in [-0.4, -0.2) is 27.4 Å². The highest BCUT2D eigenvalue weighted by Crippen LogP contribution is 2.49. The molecule has 1 aromatic rings. The molecule has 0 aliphatic heterocycles. The Labute approximate surface area is 151 Å². The van der Waals surface area contributed by atoms with Crippen LogP contribution in [0.4, 0.5) is 0 Å². The van der Waals surface area contributed by atoms with Gasteiger partial charge in [0.1, 0.15) is 0 Å². The van der Waals surface area contributed by atoms with Crippen LogP contribution in [0, 0.1) is 5.92 Å². The highest BCUT2D eigenvalue weighted by Gasteiger charge is 2.25. The lowest BCUT2D eigenvalue weighted by molar-refractivity contribution is 0.116. The average molecular weight is 392 g/mol. The van der Waals surface area contributed by atoms with Crippen LogP contribution in [0.3, 0.4) is 0 Å². The van der Waals surface area contributed by atoms with Crippen LogP contribution in [0.2, 0.25) is 0 Å². The third-order valence-corrected chi connectivity index (χ3v) is 7.35. The van der Waals surface area contributed by atoms with Crippen LogP contribution >= 0.6 is 7.82 Å². The number of sulfone groups is 1. The first-order valence-electron chi connectivity index (χ1n) is 8.65. The third kappa shape index (κ3) is 7.19. The van der Waals surface area contributed by atoms with Gasteiger partial charge in [-0.25, -0.2) is 13.0 Å². The summed E-state index contributed by atoms with van der Waals surface area (Å²) in [5.74, 6) is 0.316. The van der Waals surface area contributed by atoms with Crippen molar-refractivity contribution in [3.8, 4) is 0 Å².